The van der Waals surface area contributed by atoms with Gasteiger partial charge in [0, 0.05) is 19.2 Å². The van der Waals surface area contributed by atoms with Gasteiger partial charge in [-0.05, 0) is 19.4 Å². The summed E-state index contributed by atoms with van der Waals surface area (Å²) < 4.78 is 6.89. The van der Waals surface area contributed by atoms with Crippen LogP contribution in [0.2, 0.25) is 0 Å². The molecule has 1 aliphatic rings. The van der Waals surface area contributed by atoms with Gasteiger partial charge in [0.05, 0.1) is 36.7 Å². The van der Waals surface area contributed by atoms with E-state index in [9.17, 15) is 9.90 Å². The molecule has 0 saturated heterocycles. The van der Waals surface area contributed by atoms with Crippen molar-refractivity contribution in [2.24, 2.45) is 0 Å². The van der Waals surface area contributed by atoms with Crippen LogP contribution >= 0.6 is 0 Å². The molecule has 1 aliphatic heterocycles. The van der Waals surface area contributed by atoms with Crippen molar-refractivity contribution in [3.05, 3.63) is 35.0 Å². The average molecular weight is 320 g/mol. The number of hydrogen-bond donors (Lipinski definition) is 2. The summed E-state index contributed by atoms with van der Waals surface area (Å²) in [5, 5.41) is 26.8. The minimum absolute atomic E-state index is 0.0277. The van der Waals surface area contributed by atoms with Gasteiger partial charge in [0.25, 0.3) is 0 Å². The number of aryl methyl sites for hydroxylation is 2. The quantitative estimate of drug-likeness (QED) is 0.833. The van der Waals surface area contributed by atoms with E-state index in [-0.39, 0.29) is 18.9 Å². The first-order chi connectivity index (χ1) is 11.1. The zero-order valence-electron chi connectivity index (χ0n) is 13.0. The fraction of sp³-hybridized carbons (Fsp3) is 0.533. The molecule has 0 aliphatic carbocycles. The molecule has 1 amide bonds. The molecule has 2 aromatic heterocycles. The molecule has 0 fully saturated rings. The molecule has 0 saturated carbocycles. The van der Waals surface area contributed by atoms with E-state index in [2.05, 4.69) is 10.3 Å². The number of nitrogens with zero attached hydrogens (tertiary/aromatic N) is 4. The Balaban J connectivity index is 1.72. The third-order valence-corrected chi connectivity index (χ3v) is 3.90. The highest BCUT2D eigenvalue weighted by Crippen LogP contribution is 2.18. The zero-order valence-corrected chi connectivity index (χ0v) is 13.0. The van der Waals surface area contributed by atoms with E-state index in [1.165, 1.54) is 0 Å². The maximum absolute atomic E-state index is 12.5. The highest BCUT2D eigenvalue weighted by Gasteiger charge is 2.23. The number of fused-ring (bicyclic) bond motifs is 1. The molecule has 8 nitrogen and oxygen atoms in total. The molecular formula is C15H20N4O4. The zero-order chi connectivity index (χ0) is 16.4. The van der Waals surface area contributed by atoms with Crippen molar-refractivity contribution in [1.82, 2.24) is 19.8 Å². The molecule has 0 unspecified atom stereocenters. The van der Waals surface area contributed by atoms with E-state index in [0.29, 0.717) is 31.1 Å². The van der Waals surface area contributed by atoms with Crippen LogP contribution in [0.15, 0.2) is 16.7 Å². The summed E-state index contributed by atoms with van der Waals surface area (Å²) in [6.45, 7) is 3.20. The number of aliphatic hydroxyl groups is 2. The van der Waals surface area contributed by atoms with Gasteiger partial charge in [-0.15, -0.1) is 0 Å². The summed E-state index contributed by atoms with van der Waals surface area (Å²) in [7, 11) is 0. The minimum atomic E-state index is -0.990. The molecule has 0 spiro atoms. The molecule has 2 aromatic rings. The topological polar surface area (TPSA) is 105 Å². The van der Waals surface area contributed by atoms with Crippen molar-refractivity contribution >= 4 is 5.91 Å². The Morgan fingerprint density at radius 2 is 2.26 bits per heavy atom. The summed E-state index contributed by atoms with van der Waals surface area (Å²) >= 11 is 0. The summed E-state index contributed by atoms with van der Waals surface area (Å²) in [5.74, 6) is 0.529. The lowest BCUT2D eigenvalue weighted by Crippen LogP contribution is -2.31. The Bertz CT molecular complexity index is 693. The number of carbonyl (C=O) groups is 1. The lowest BCUT2D eigenvalue weighted by molar-refractivity contribution is -0.131. The van der Waals surface area contributed by atoms with Crippen molar-refractivity contribution in [1.29, 1.82) is 0 Å². The third-order valence-electron chi connectivity index (χ3n) is 3.90. The fourth-order valence-electron chi connectivity index (χ4n) is 2.71. The second-order valence-electron chi connectivity index (χ2n) is 5.76. The maximum atomic E-state index is 12.5. The van der Waals surface area contributed by atoms with Crippen LogP contribution in [0.1, 0.15) is 35.4 Å². The van der Waals surface area contributed by atoms with Gasteiger partial charge in [-0.25, -0.2) is 0 Å². The van der Waals surface area contributed by atoms with Crippen LogP contribution in [-0.4, -0.2) is 49.1 Å². The smallest absolute Gasteiger partial charge is 0.230 e. The molecule has 2 N–H and O–H groups in total. The largest absolute Gasteiger partial charge is 0.393 e. The standard InChI is InChI=1S/C15H20N4O4/c1-10-5-12(23-17-10)7-15(22)18-3-2-4-19-11(8-18)6-13(16-19)14(21)9-20/h5-6,14,20-21H,2-4,7-9H2,1H3/t14-/m1/s1. The highest BCUT2D eigenvalue weighted by molar-refractivity contribution is 5.78. The molecule has 3 heterocycles. The monoisotopic (exact) mass is 320 g/mol. The van der Waals surface area contributed by atoms with Gasteiger partial charge in [-0.2, -0.15) is 5.10 Å². The van der Waals surface area contributed by atoms with E-state index >= 15 is 0 Å². The van der Waals surface area contributed by atoms with Gasteiger partial charge >= 0.3 is 0 Å². The van der Waals surface area contributed by atoms with Crippen molar-refractivity contribution in [2.75, 3.05) is 13.2 Å². The van der Waals surface area contributed by atoms with Crippen LogP contribution in [0.25, 0.3) is 0 Å². The van der Waals surface area contributed by atoms with Crippen molar-refractivity contribution < 1.29 is 19.5 Å². The second-order valence-corrected chi connectivity index (χ2v) is 5.76. The first-order valence-electron chi connectivity index (χ1n) is 7.62. The Morgan fingerprint density at radius 3 is 2.96 bits per heavy atom. The number of amides is 1. The van der Waals surface area contributed by atoms with Crippen LogP contribution in [0.5, 0.6) is 0 Å². The van der Waals surface area contributed by atoms with Gasteiger partial charge in [-0.1, -0.05) is 5.16 Å². The van der Waals surface area contributed by atoms with Crippen LogP contribution in [0.3, 0.4) is 0 Å². The normalized spacial score (nSPS) is 16.0. The predicted octanol–water partition coefficient (Wildman–Crippen LogP) is 0.180. The minimum Gasteiger partial charge on any atom is -0.393 e. The first kappa shape index (κ1) is 15.7. The lowest BCUT2D eigenvalue weighted by atomic mass is 10.2. The predicted molar refractivity (Wildman–Crippen MR) is 79.3 cm³/mol. The lowest BCUT2D eigenvalue weighted by Gasteiger charge is -2.19. The van der Waals surface area contributed by atoms with Gasteiger partial charge in [-0.3, -0.25) is 9.48 Å². The van der Waals surface area contributed by atoms with Gasteiger partial charge in [0.2, 0.25) is 5.91 Å². The van der Waals surface area contributed by atoms with E-state index in [4.69, 9.17) is 9.63 Å². The molecular weight excluding hydrogens is 300 g/mol. The fourth-order valence-corrected chi connectivity index (χ4v) is 2.71. The van der Waals surface area contributed by atoms with Crippen molar-refractivity contribution in [3.8, 4) is 0 Å². The Morgan fingerprint density at radius 1 is 1.43 bits per heavy atom. The third kappa shape index (κ3) is 3.43. The molecule has 3 rings (SSSR count). The van der Waals surface area contributed by atoms with E-state index in [1.807, 2.05) is 6.92 Å². The molecule has 8 heteroatoms. The van der Waals surface area contributed by atoms with Gasteiger partial charge in [0.1, 0.15) is 11.9 Å². The summed E-state index contributed by atoms with van der Waals surface area (Å²) in [5.41, 5.74) is 2.04. The number of hydrogen-bond acceptors (Lipinski definition) is 6. The summed E-state index contributed by atoms with van der Waals surface area (Å²) in [4.78, 5) is 14.2. The molecule has 0 aromatic carbocycles. The van der Waals surface area contributed by atoms with E-state index < -0.39 is 6.10 Å². The Hall–Kier alpha value is -2.19. The number of aromatic nitrogens is 3. The molecule has 124 valence electrons. The van der Waals surface area contributed by atoms with E-state index in [0.717, 1.165) is 17.8 Å². The summed E-state index contributed by atoms with van der Waals surface area (Å²) in [6, 6.07) is 3.50. The van der Waals surface area contributed by atoms with Gasteiger partial charge in [0.15, 0.2) is 0 Å². The molecule has 0 bridgehead atoms. The van der Waals surface area contributed by atoms with Crippen molar-refractivity contribution in [2.45, 2.75) is 39.0 Å². The average Bonchev–Trinajstić information content (AvgIpc) is 3.07. The van der Waals surface area contributed by atoms with Crippen LogP contribution in [0, 0.1) is 6.92 Å². The molecule has 0 radical (unpaired) electrons. The Labute approximate surface area is 133 Å². The molecule has 23 heavy (non-hydrogen) atoms. The van der Waals surface area contributed by atoms with Crippen LogP contribution in [0.4, 0.5) is 0 Å². The Kier molecular flexibility index (Phi) is 4.44. The number of aliphatic hydroxyl groups excluding tert-OH is 2. The number of carbonyl (C=O) groups excluding carboxylic acids is 1. The summed E-state index contributed by atoms with van der Waals surface area (Å²) in [6.07, 6.45) is -0.0261. The van der Waals surface area contributed by atoms with Crippen LogP contribution in [-0.2, 0) is 24.3 Å². The van der Waals surface area contributed by atoms with Gasteiger partial charge < -0.3 is 19.6 Å². The van der Waals surface area contributed by atoms with Crippen LogP contribution < -0.4 is 0 Å². The van der Waals surface area contributed by atoms with E-state index in [1.54, 1.807) is 21.7 Å². The first-order valence-corrected chi connectivity index (χ1v) is 7.62. The maximum Gasteiger partial charge on any atom is 0.230 e. The van der Waals surface area contributed by atoms with Crippen molar-refractivity contribution in [3.63, 3.8) is 0 Å². The molecule has 1 atom stereocenters. The second kappa shape index (κ2) is 6.51. The highest BCUT2D eigenvalue weighted by atomic mass is 16.5. The number of rotatable bonds is 4. The SMILES string of the molecule is Cc1cc(CC(=O)N2CCCn3nc([C@H](O)CO)cc3C2)on1.